The van der Waals surface area contributed by atoms with Crippen molar-refractivity contribution in [1.29, 1.82) is 0 Å². The summed E-state index contributed by atoms with van der Waals surface area (Å²) in [5.74, 6) is -0.923. The van der Waals surface area contributed by atoms with E-state index in [1.807, 2.05) is 0 Å². The average Bonchev–Trinajstić information content (AvgIpc) is 3.47. The molecule has 0 aliphatic carbocycles. The Morgan fingerprint density at radius 1 is 0.256 bits per heavy atom. The third-order valence-corrected chi connectivity index (χ3v) is 15.3. The van der Waals surface area contributed by atoms with E-state index in [4.69, 9.17) is 14.2 Å². The van der Waals surface area contributed by atoms with Crippen LogP contribution >= 0.6 is 0 Å². The van der Waals surface area contributed by atoms with Crippen LogP contribution < -0.4 is 0 Å². The molecule has 82 heavy (non-hydrogen) atoms. The topological polar surface area (TPSA) is 78.9 Å². The molecule has 0 rings (SSSR count). The molecule has 0 spiro atoms. The fourth-order valence-electron chi connectivity index (χ4n) is 10.1. The lowest BCUT2D eigenvalue weighted by atomic mass is 10.0. The maximum Gasteiger partial charge on any atom is 0.306 e. The molecule has 1 unspecified atom stereocenters. The molecule has 0 bridgehead atoms. The van der Waals surface area contributed by atoms with Crippen LogP contribution in [0.3, 0.4) is 0 Å². The minimum atomic E-state index is -0.799. The molecule has 0 aliphatic rings. The Hall–Kier alpha value is -3.67. The van der Waals surface area contributed by atoms with Gasteiger partial charge in [-0.3, -0.25) is 14.4 Å². The summed E-state index contributed by atoms with van der Waals surface area (Å²) in [6.45, 7) is 6.47. The van der Waals surface area contributed by atoms with Gasteiger partial charge in [0.25, 0.3) is 0 Å². The Bertz CT molecular complexity index is 1590. The normalized spacial score (nSPS) is 12.7. The summed E-state index contributed by atoms with van der Waals surface area (Å²) in [4.78, 5) is 38.3. The van der Waals surface area contributed by atoms with E-state index in [1.165, 1.54) is 180 Å². The van der Waals surface area contributed by atoms with Crippen molar-refractivity contribution >= 4 is 17.9 Å². The summed E-state index contributed by atoms with van der Waals surface area (Å²) in [5, 5.41) is 0. The van der Waals surface area contributed by atoms with Gasteiger partial charge in [0.15, 0.2) is 6.10 Å². The van der Waals surface area contributed by atoms with Gasteiger partial charge in [-0.25, -0.2) is 0 Å². The van der Waals surface area contributed by atoms with Crippen molar-refractivity contribution in [2.75, 3.05) is 13.2 Å². The van der Waals surface area contributed by atoms with Crippen LogP contribution in [0.1, 0.15) is 348 Å². The Morgan fingerprint density at radius 2 is 0.500 bits per heavy atom. The quantitative estimate of drug-likeness (QED) is 0.0261. The first-order valence-corrected chi connectivity index (χ1v) is 35.2. The van der Waals surface area contributed by atoms with Crippen molar-refractivity contribution in [3.8, 4) is 0 Å². The van der Waals surface area contributed by atoms with Gasteiger partial charge >= 0.3 is 17.9 Å². The van der Waals surface area contributed by atoms with Gasteiger partial charge < -0.3 is 14.2 Å². The average molecular weight is 1140 g/mol. The van der Waals surface area contributed by atoms with E-state index < -0.39 is 6.10 Å². The molecule has 0 aliphatic heterocycles. The molecule has 0 aromatic rings. The molecule has 0 N–H and O–H groups in total. The van der Waals surface area contributed by atoms with Gasteiger partial charge in [0.1, 0.15) is 13.2 Å². The largest absolute Gasteiger partial charge is 0.462 e. The monoisotopic (exact) mass is 1140 g/mol. The zero-order valence-electron chi connectivity index (χ0n) is 54.2. The predicted octanol–water partition coefficient (Wildman–Crippen LogP) is 24.4. The number of ether oxygens (including phenoxy) is 3. The van der Waals surface area contributed by atoms with Crippen molar-refractivity contribution in [2.45, 2.75) is 354 Å². The fourth-order valence-corrected chi connectivity index (χ4v) is 10.1. The number of carbonyl (C=O) groups excluding carboxylic acids is 3. The van der Waals surface area contributed by atoms with Crippen LogP contribution in [0.25, 0.3) is 0 Å². The van der Waals surface area contributed by atoms with Crippen LogP contribution in [0.4, 0.5) is 0 Å². The first kappa shape index (κ1) is 78.3. The predicted molar refractivity (Wildman–Crippen MR) is 357 cm³/mol. The molecule has 0 aromatic heterocycles. The standard InChI is InChI=1S/C76H132O6/c1-4-7-10-13-16-19-22-24-26-28-30-32-34-36-37-38-39-41-42-44-46-48-50-52-54-57-60-63-66-69-75(78)81-72-73(71-80-74(77)68-65-62-59-56-21-18-15-12-9-6-3)82-76(79)70-67-64-61-58-55-53-51-49-47-45-43-40-35-33-31-29-27-25-23-20-17-14-11-8-5-2/h8,11-12,15,17,20,25,27,31,33,40,43,47,49,53,55,73H,4-7,9-10,13-14,16,18-19,21-24,26,28-30,32,34-39,41-42,44-46,48,50-52,54,56-72H2,1-3H3/b11-8-,15-12-,20-17-,27-25-,33-31-,43-40-,49-47-,55-53-. The van der Waals surface area contributed by atoms with Crippen LogP contribution in [-0.4, -0.2) is 37.2 Å². The molecule has 0 saturated heterocycles. The second-order valence-corrected chi connectivity index (χ2v) is 23.4. The van der Waals surface area contributed by atoms with E-state index in [-0.39, 0.29) is 37.5 Å². The second-order valence-electron chi connectivity index (χ2n) is 23.4. The Morgan fingerprint density at radius 3 is 0.817 bits per heavy atom. The summed E-state index contributed by atoms with van der Waals surface area (Å²) >= 11 is 0. The molecule has 0 aromatic carbocycles. The van der Waals surface area contributed by atoms with Gasteiger partial charge in [-0.05, 0) is 96.3 Å². The van der Waals surface area contributed by atoms with Crippen molar-refractivity contribution in [1.82, 2.24) is 0 Å². The highest BCUT2D eigenvalue weighted by atomic mass is 16.6. The van der Waals surface area contributed by atoms with E-state index in [2.05, 4.69) is 118 Å². The molecule has 1 atom stereocenters. The maximum absolute atomic E-state index is 12.9. The molecule has 0 saturated carbocycles. The summed E-state index contributed by atoms with van der Waals surface area (Å²) in [6.07, 6.45) is 94.6. The van der Waals surface area contributed by atoms with Crippen molar-refractivity contribution < 1.29 is 28.6 Å². The molecule has 0 amide bonds. The minimum Gasteiger partial charge on any atom is -0.462 e. The SMILES string of the molecule is CC/C=C\C/C=C\C/C=C\C/C=C\C/C=C\C/C=C\C/C=C\CCCCCC(=O)OC(COC(=O)CCCCCCC/C=C\CCC)COC(=O)CCCCCCCCCCCCCCCCCCCCCCCCCCCCCCC. The van der Waals surface area contributed by atoms with Crippen LogP contribution in [0.5, 0.6) is 0 Å². The first-order chi connectivity index (χ1) is 40.5. The summed E-state index contributed by atoms with van der Waals surface area (Å²) in [7, 11) is 0. The molecule has 0 heterocycles. The lowest BCUT2D eigenvalue weighted by Crippen LogP contribution is -2.30. The lowest BCUT2D eigenvalue weighted by Gasteiger charge is -2.18. The van der Waals surface area contributed by atoms with Gasteiger partial charge in [0, 0.05) is 19.3 Å². The van der Waals surface area contributed by atoms with Crippen molar-refractivity contribution in [3.63, 3.8) is 0 Å². The number of esters is 3. The molecule has 0 radical (unpaired) electrons. The number of hydrogen-bond acceptors (Lipinski definition) is 6. The maximum atomic E-state index is 12.9. The Kier molecular flexibility index (Phi) is 66.7. The van der Waals surface area contributed by atoms with Gasteiger partial charge in [-0.2, -0.15) is 0 Å². The van der Waals surface area contributed by atoms with Crippen LogP contribution in [0, 0.1) is 0 Å². The summed E-state index contributed by atoms with van der Waals surface area (Å²) in [5.41, 5.74) is 0. The number of carbonyl (C=O) groups is 3. The lowest BCUT2D eigenvalue weighted by molar-refractivity contribution is -0.167. The number of allylic oxidation sites excluding steroid dienone is 16. The van der Waals surface area contributed by atoms with Crippen molar-refractivity contribution in [3.05, 3.63) is 97.2 Å². The minimum absolute atomic E-state index is 0.0916. The van der Waals surface area contributed by atoms with E-state index >= 15 is 0 Å². The van der Waals surface area contributed by atoms with Gasteiger partial charge in [0.05, 0.1) is 0 Å². The molecule has 472 valence electrons. The summed E-state index contributed by atoms with van der Waals surface area (Å²) < 4.78 is 16.9. The zero-order chi connectivity index (χ0) is 59.2. The second kappa shape index (κ2) is 69.8. The number of hydrogen-bond donors (Lipinski definition) is 0. The Balaban J connectivity index is 4.22. The van der Waals surface area contributed by atoms with E-state index in [9.17, 15) is 14.4 Å². The van der Waals surface area contributed by atoms with Gasteiger partial charge in [-0.1, -0.05) is 330 Å². The molecular weight excluding hydrogens is 1010 g/mol. The number of rotatable bonds is 64. The number of unbranched alkanes of at least 4 members (excludes halogenated alkanes) is 37. The molecule has 6 heteroatoms. The molecule has 0 fully saturated rings. The highest BCUT2D eigenvalue weighted by molar-refractivity contribution is 5.71. The molecular formula is C76H132O6. The summed E-state index contributed by atoms with van der Waals surface area (Å²) in [6, 6.07) is 0. The van der Waals surface area contributed by atoms with E-state index in [1.54, 1.807) is 0 Å². The van der Waals surface area contributed by atoms with Crippen molar-refractivity contribution in [2.24, 2.45) is 0 Å². The smallest absolute Gasteiger partial charge is 0.306 e. The zero-order valence-corrected chi connectivity index (χ0v) is 54.2. The highest BCUT2D eigenvalue weighted by Crippen LogP contribution is 2.18. The van der Waals surface area contributed by atoms with Crippen LogP contribution in [0.15, 0.2) is 97.2 Å². The van der Waals surface area contributed by atoms with Gasteiger partial charge in [-0.15, -0.1) is 0 Å². The third-order valence-electron chi connectivity index (χ3n) is 15.3. The highest BCUT2D eigenvalue weighted by Gasteiger charge is 2.19. The van der Waals surface area contributed by atoms with E-state index in [0.29, 0.717) is 12.8 Å². The van der Waals surface area contributed by atoms with Gasteiger partial charge in [0.2, 0.25) is 0 Å². The third kappa shape index (κ3) is 67.1. The van der Waals surface area contributed by atoms with Crippen LogP contribution in [0.2, 0.25) is 0 Å². The first-order valence-electron chi connectivity index (χ1n) is 35.2. The van der Waals surface area contributed by atoms with Crippen LogP contribution in [-0.2, 0) is 28.6 Å². The van der Waals surface area contributed by atoms with E-state index in [0.717, 1.165) is 128 Å². The molecule has 6 nitrogen and oxygen atoms in total. The Labute approximate surface area is 508 Å². The fraction of sp³-hybridized carbons (Fsp3) is 0.750.